The Morgan fingerprint density at radius 1 is 0.406 bits per heavy atom. The lowest BCUT2D eigenvalue weighted by atomic mass is 10.1. The number of benzene rings is 1. The van der Waals surface area contributed by atoms with Gasteiger partial charge in [-0.1, -0.05) is 24.3 Å². The fourth-order valence-electron chi connectivity index (χ4n) is 3.84. The molecule has 1 aromatic carbocycles. The minimum Gasteiger partial charge on any atom is -0.218 e. The van der Waals surface area contributed by atoms with E-state index in [9.17, 15) is 0 Å². The third-order valence-corrected chi connectivity index (χ3v) is 5.64. The molecule has 0 saturated heterocycles. The van der Waals surface area contributed by atoms with Crippen LogP contribution in [0.15, 0.2) is 122 Å². The van der Waals surface area contributed by atoms with Gasteiger partial charge in [-0.05, 0) is 22.3 Å². The summed E-state index contributed by atoms with van der Waals surface area (Å²) in [4.78, 5) is 6.14. The second kappa shape index (κ2) is 9.31. The molecule has 2 N–H and O–H groups in total. The molecule has 5 rings (SSSR count). The van der Waals surface area contributed by atoms with Gasteiger partial charge in [-0.2, -0.15) is 0 Å². The lowest BCUT2D eigenvalue weighted by Gasteiger charge is -2.03. The van der Waals surface area contributed by atoms with Crippen molar-refractivity contribution in [1.29, 1.82) is 0 Å². The Balaban J connectivity index is 1.22. The fraction of sp³-hybridized carbons (Fsp3) is 0.0714. The van der Waals surface area contributed by atoms with E-state index in [0.29, 0.717) is 0 Å². The van der Waals surface area contributed by atoms with Crippen molar-refractivity contribution in [3.05, 3.63) is 133 Å². The molecule has 4 heteroatoms. The highest BCUT2D eigenvalue weighted by molar-refractivity contribution is 5.61. The van der Waals surface area contributed by atoms with Crippen LogP contribution in [0, 0.1) is 0 Å². The van der Waals surface area contributed by atoms with Gasteiger partial charge in [-0.3, -0.25) is 0 Å². The Labute approximate surface area is 188 Å². The van der Waals surface area contributed by atoms with Crippen molar-refractivity contribution in [3.8, 4) is 22.3 Å². The van der Waals surface area contributed by atoms with Crippen molar-refractivity contribution in [3.63, 3.8) is 0 Å². The molecule has 0 bridgehead atoms. The molecule has 0 saturated carbocycles. The Kier molecular flexibility index (Phi) is 5.75. The van der Waals surface area contributed by atoms with Crippen LogP contribution in [0.25, 0.3) is 22.3 Å². The minimum absolute atomic E-state index is 0.861. The van der Waals surface area contributed by atoms with Crippen LogP contribution in [0.3, 0.4) is 0 Å². The number of aromatic amines is 2. The highest BCUT2D eigenvalue weighted by atomic mass is 14.9. The lowest BCUT2D eigenvalue weighted by molar-refractivity contribution is -0.688. The lowest BCUT2D eigenvalue weighted by Crippen LogP contribution is -2.33. The molecule has 0 amide bonds. The van der Waals surface area contributed by atoms with Crippen molar-refractivity contribution in [2.75, 3.05) is 0 Å². The molecule has 0 fully saturated rings. The van der Waals surface area contributed by atoms with Gasteiger partial charge in [0.05, 0.1) is 0 Å². The fourth-order valence-corrected chi connectivity index (χ4v) is 3.84. The zero-order valence-electron chi connectivity index (χ0n) is 17.9. The average Bonchev–Trinajstić information content (AvgIpc) is 2.87. The van der Waals surface area contributed by atoms with Crippen molar-refractivity contribution in [2.45, 2.75) is 13.1 Å². The predicted molar refractivity (Wildman–Crippen MR) is 122 cm³/mol. The summed E-state index contributed by atoms with van der Waals surface area (Å²) in [5, 5.41) is 0. The van der Waals surface area contributed by atoms with Gasteiger partial charge >= 0.3 is 0 Å². The summed E-state index contributed by atoms with van der Waals surface area (Å²) < 4.78 is 4.42. The average molecular weight is 419 g/mol. The van der Waals surface area contributed by atoms with Gasteiger partial charge in [-0.25, -0.2) is 19.1 Å². The van der Waals surface area contributed by atoms with Gasteiger partial charge in [0.15, 0.2) is 62.7 Å². The number of H-pyrrole nitrogens is 2. The first-order valence-corrected chi connectivity index (χ1v) is 10.8. The maximum Gasteiger partial charge on any atom is 0.173 e. The molecule has 0 aliphatic rings. The largest absolute Gasteiger partial charge is 0.218 e. The van der Waals surface area contributed by atoms with Crippen LogP contribution in [0.4, 0.5) is 0 Å². The normalized spacial score (nSPS) is 10.8. The van der Waals surface area contributed by atoms with E-state index >= 15 is 0 Å². The van der Waals surface area contributed by atoms with E-state index in [2.05, 4.69) is 117 Å². The predicted octanol–water partition coefficient (Wildman–Crippen LogP) is 3.32. The first-order valence-electron chi connectivity index (χ1n) is 10.8. The smallest absolute Gasteiger partial charge is 0.173 e. The van der Waals surface area contributed by atoms with E-state index in [4.69, 9.17) is 0 Å². The first-order chi connectivity index (χ1) is 15.8. The van der Waals surface area contributed by atoms with Crippen molar-refractivity contribution < 1.29 is 19.1 Å². The van der Waals surface area contributed by atoms with E-state index in [1.54, 1.807) is 0 Å². The van der Waals surface area contributed by atoms with Crippen molar-refractivity contribution in [1.82, 2.24) is 0 Å². The molecule has 5 aromatic rings. The van der Waals surface area contributed by atoms with Crippen LogP contribution in [0.2, 0.25) is 0 Å². The summed E-state index contributed by atoms with van der Waals surface area (Å²) in [6, 6.07) is 25.9. The third-order valence-electron chi connectivity index (χ3n) is 5.64. The van der Waals surface area contributed by atoms with Gasteiger partial charge in [0.1, 0.15) is 0 Å². The number of hydrogen-bond acceptors (Lipinski definition) is 0. The Morgan fingerprint density at radius 2 is 0.719 bits per heavy atom. The summed E-state index contributed by atoms with van der Waals surface area (Å²) in [6.07, 6.45) is 16.4. The summed E-state index contributed by atoms with van der Waals surface area (Å²) >= 11 is 0. The minimum atomic E-state index is 0.861. The molecule has 0 aliphatic heterocycles. The number of aromatic nitrogens is 4. The number of hydrogen-bond donors (Lipinski definition) is 0. The van der Waals surface area contributed by atoms with Gasteiger partial charge in [0, 0.05) is 59.7 Å². The summed E-state index contributed by atoms with van der Waals surface area (Å²) in [5.41, 5.74) is 7.46. The molecule has 154 valence electrons. The highest BCUT2D eigenvalue weighted by Crippen LogP contribution is 2.16. The maximum absolute atomic E-state index is 3.07. The number of nitrogens with one attached hydrogen (secondary N) is 2. The van der Waals surface area contributed by atoms with E-state index < -0.39 is 0 Å². The van der Waals surface area contributed by atoms with Gasteiger partial charge in [0.25, 0.3) is 0 Å². The number of pyridine rings is 4. The molecule has 4 heterocycles. The molecular weight excluding hydrogens is 392 g/mol. The molecule has 32 heavy (non-hydrogen) atoms. The standard InChI is InChI=1S/C28H24N4/c1-2-24(22-32-19-11-28(12-20-32)26-7-15-30-16-8-26)4-3-23(1)21-31-17-9-27(10-18-31)25-5-13-29-14-6-25/h1-20H,21-22H2/q+2/p+2. The van der Waals surface area contributed by atoms with Crippen LogP contribution < -0.4 is 19.1 Å². The third kappa shape index (κ3) is 4.76. The highest BCUT2D eigenvalue weighted by Gasteiger charge is 2.08. The zero-order chi connectivity index (χ0) is 21.6. The van der Waals surface area contributed by atoms with Gasteiger partial charge in [0.2, 0.25) is 0 Å². The summed E-state index contributed by atoms with van der Waals surface area (Å²) in [6.45, 7) is 1.72. The Hall–Kier alpha value is -4.18. The summed E-state index contributed by atoms with van der Waals surface area (Å²) in [5.74, 6) is 0. The number of rotatable bonds is 6. The maximum atomic E-state index is 3.07. The van der Waals surface area contributed by atoms with Gasteiger partial charge < -0.3 is 0 Å². The Morgan fingerprint density at radius 3 is 1.06 bits per heavy atom. The molecule has 0 unspecified atom stereocenters. The monoisotopic (exact) mass is 418 g/mol. The van der Waals surface area contributed by atoms with Crippen LogP contribution in [0.1, 0.15) is 11.1 Å². The van der Waals surface area contributed by atoms with E-state index in [0.717, 1.165) is 13.1 Å². The van der Waals surface area contributed by atoms with E-state index in [1.807, 2.05) is 24.8 Å². The van der Waals surface area contributed by atoms with Crippen LogP contribution in [-0.4, -0.2) is 0 Å². The molecule has 0 aliphatic carbocycles. The number of nitrogens with zero attached hydrogens (tertiary/aromatic N) is 2. The van der Waals surface area contributed by atoms with Crippen LogP contribution >= 0.6 is 0 Å². The molecular formula is C28H26N4+4. The summed E-state index contributed by atoms with van der Waals surface area (Å²) in [7, 11) is 0. The Bertz CT molecular complexity index is 1160. The van der Waals surface area contributed by atoms with E-state index in [1.165, 1.54) is 33.4 Å². The topological polar surface area (TPSA) is 36.0 Å². The molecule has 0 radical (unpaired) electrons. The van der Waals surface area contributed by atoms with E-state index in [-0.39, 0.29) is 0 Å². The molecule has 0 spiro atoms. The van der Waals surface area contributed by atoms with Crippen LogP contribution in [-0.2, 0) is 13.1 Å². The quantitative estimate of drug-likeness (QED) is 0.380. The van der Waals surface area contributed by atoms with Gasteiger partial charge in [-0.15, -0.1) is 0 Å². The van der Waals surface area contributed by atoms with Crippen molar-refractivity contribution >= 4 is 0 Å². The second-order valence-electron chi connectivity index (χ2n) is 7.91. The zero-order valence-corrected chi connectivity index (χ0v) is 17.9. The molecule has 4 nitrogen and oxygen atoms in total. The first kappa shape index (κ1) is 19.8. The molecule has 4 aromatic heterocycles. The second-order valence-corrected chi connectivity index (χ2v) is 7.91. The van der Waals surface area contributed by atoms with Crippen LogP contribution in [0.5, 0.6) is 0 Å². The molecule has 0 atom stereocenters. The van der Waals surface area contributed by atoms with Crippen molar-refractivity contribution in [2.24, 2.45) is 0 Å². The SMILES string of the molecule is c1cc(-c2cc[n+](Cc3ccc(C[n+]4ccc(-c5cc[nH+]cc5)cc4)cc3)cc2)cc[nH+]1.